The SMILES string of the molecule is Cc1ccc(NC2CCC(Oc3cc(N4CCN(C(=O)CC5CCCC5)CC4)ccn3)CC2)cc1. The number of carbonyl (C=O) groups excluding carboxylic acids is 1. The van der Waals surface area contributed by atoms with E-state index in [-0.39, 0.29) is 6.10 Å². The highest BCUT2D eigenvalue weighted by molar-refractivity contribution is 5.76. The van der Waals surface area contributed by atoms with Gasteiger partial charge in [0.2, 0.25) is 11.8 Å². The van der Waals surface area contributed by atoms with Crippen molar-refractivity contribution in [1.82, 2.24) is 9.88 Å². The standard InChI is InChI=1S/C29H40N4O2/c1-22-6-8-24(9-7-22)31-25-10-12-27(13-11-25)35-28-21-26(14-15-30-28)32-16-18-33(19-17-32)29(34)20-23-4-2-3-5-23/h6-9,14-15,21,23,25,27,31H,2-5,10-13,16-20H2,1H3. The number of ether oxygens (including phenoxy) is 1. The van der Waals surface area contributed by atoms with E-state index < -0.39 is 0 Å². The lowest BCUT2D eigenvalue weighted by Gasteiger charge is -2.36. The average Bonchev–Trinajstić information content (AvgIpc) is 3.40. The van der Waals surface area contributed by atoms with Crippen LogP contribution in [0.15, 0.2) is 42.6 Å². The number of pyridine rings is 1. The van der Waals surface area contributed by atoms with E-state index in [9.17, 15) is 4.79 Å². The Kier molecular flexibility index (Phi) is 7.75. The van der Waals surface area contributed by atoms with E-state index in [0.717, 1.165) is 69.9 Å². The lowest BCUT2D eigenvalue weighted by atomic mass is 9.92. The smallest absolute Gasteiger partial charge is 0.222 e. The fourth-order valence-corrected chi connectivity index (χ4v) is 5.85. The number of aromatic nitrogens is 1. The van der Waals surface area contributed by atoms with Crippen molar-refractivity contribution in [3.63, 3.8) is 0 Å². The highest BCUT2D eigenvalue weighted by Crippen LogP contribution is 2.29. The second-order valence-electron chi connectivity index (χ2n) is 10.7. The molecule has 0 bridgehead atoms. The average molecular weight is 477 g/mol. The van der Waals surface area contributed by atoms with Crippen molar-refractivity contribution in [2.75, 3.05) is 36.4 Å². The molecule has 5 rings (SSSR count). The summed E-state index contributed by atoms with van der Waals surface area (Å²) in [5, 5.41) is 3.67. The number of hydrogen-bond donors (Lipinski definition) is 1. The Labute approximate surface area is 210 Å². The summed E-state index contributed by atoms with van der Waals surface area (Å²) in [5.74, 6) is 1.69. The first-order valence-electron chi connectivity index (χ1n) is 13.6. The molecule has 35 heavy (non-hydrogen) atoms. The molecule has 1 aromatic heterocycles. The molecule has 0 atom stereocenters. The predicted molar refractivity (Wildman–Crippen MR) is 141 cm³/mol. The molecule has 1 N–H and O–H groups in total. The molecular weight excluding hydrogens is 436 g/mol. The molecule has 3 fully saturated rings. The summed E-state index contributed by atoms with van der Waals surface area (Å²) < 4.78 is 6.30. The number of anilines is 2. The maximum absolute atomic E-state index is 12.7. The van der Waals surface area contributed by atoms with Crippen molar-refractivity contribution in [2.45, 2.75) is 76.9 Å². The molecule has 2 saturated carbocycles. The van der Waals surface area contributed by atoms with Crippen LogP contribution < -0.4 is 15.0 Å². The molecule has 3 aliphatic rings. The Bertz CT molecular complexity index is 957. The van der Waals surface area contributed by atoms with Gasteiger partial charge < -0.3 is 19.9 Å². The summed E-state index contributed by atoms with van der Waals surface area (Å²) in [7, 11) is 0. The molecule has 6 nitrogen and oxygen atoms in total. The first-order chi connectivity index (χ1) is 17.1. The van der Waals surface area contributed by atoms with Gasteiger partial charge in [0.1, 0.15) is 6.10 Å². The number of amides is 1. The predicted octanol–water partition coefficient (Wildman–Crippen LogP) is 5.42. The van der Waals surface area contributed by atoms with Crippen LogP contribution in [0.2, 0.25) is 0 Å². The van der Waals surface area contributed by atoms with Crippen LogP contribution in [0.3, 0.4) is 0 Å². The van der Waals surface area contributed by atoms with E-state index in [1.807, 2.05) is 6.20 Å². The molecule has 2 aliphatic carbocycles. The lowest BCUT2D eigenvalue weighted by molar-refractivity contribution is -0.132. The van der Waals surface area contributed by atoms with Gasteiger partial charge in [0.05, 0.1) is 0 Å². The normalized spacial score (nSPS) is 23.3. The number of nitrogens with one attached hydrogen (secondary N) is 1. The van der Waals surface area contributed by atoms with Crippen LogP contribution in [0, 0.1) is 12.8 Å². The van der Waals surface area contributed by atoms with E-state index in [4.69, 9.17) is 4.74 Å². The van der Waals surface area contributed by atoms with Crippen LogP contribution in [0.25, 0.3) is 0 Å². The maximum atomic E-state index is 12.7. The number of rotatable bonds is 7. The summed E-state index contributed by atoms with van der Waals surface area (Å²) in [5.41, 5.74) is 3.64. The molecule has 0 radical (unpaired) electrons. The first kappa shape index (κ1) is 24.0. The van der Waals surface area contributed by atoms with Crippen LogP contribution in [-0.2, 0) is 4.79 Å². The number of piperazine rings is 1. The lowest BCUT2D eigenvalue weighted by Crippen LogP contribution is -2.49. The van der Waals surface area contributed by atoms with Crippen molar-refractivity contribution in [3.8, 4) is 5.88 Å². The summed E-state index contributed by atoms with van der Waals surface area (Å²) in [6.45, 7) is 5.48. The molecule has 1 saturated heterocycles. The Morgan fingerprint density at radius 1 is 0.971 bits per heavy atom. The van der Waals surface area contributed by atoms with Crippen molar-refractivity contribution >= 4 is 17.3 Å². The van der Waals surface area contributed by atoms with Crippen LogP contribution in [0.1, 0.15) is 63.4 Å². The minimum Gasteiger partial charge on any atom is -0.474 e. The molecule has 6 heteroatoms. The van der Waals surface area contributed by atoms with E-state index in [1.54, 1.807) is 0 Å². The van der Waals surface area contributed by atoms with Gasteiger partial charge in [0, 0.05) is 62.3 Å². The zero-order valence-corrected chi connectivity index (χ0v) is 21.1. The monoisotopic (exact) mass is 476 g/mol. The van der Waals surface area contributed by atoms with Crippen LogP contribution in [-0.4, -0.2) is 54.1 Å². The van der Waals surface area contributed by atoms with Gasteiger partial charge in [-0.25, -0.2) is 4.98 Å². The molecule has 1 amide bonds. The van der Waals surface area contributed by atoms with Gasteiger partial charge in [-0.2, -0.15) is 0 Å². The summed E-state index contributed by atoms with van der Waals surface area (Å²) >= 11 is 0. The Balaban J connectivity index is 1.07. The zero-order valence-electron chi connectivity index (χ0n) is 21.1. The van der Waals surface area contributed by atoms with Gasteiger partial charge in [-0.05, 0) is 69.6 Å². The fraction of sp³-hybridized carbons (Fsp3) is 0.586. The van der Waals surface area contributed by atoms with E-state index in [0.29, 0.717) is 17.9 Å². The van der Waals surface area contributed by atoms with Gasteiger partial charge in [-0.1, -0.05) is 30.5 Å². The molecule has 2 heterocycles. The Morgan fingerprint density at radius 3 is 2.40 bits per heavy atom. The molecular formula is C29H40N4O2. The molecule has 0 unspecified atom stereocenters. The number of nitrogens with zero attached hydrogens (tertiary/aromatic N) is 3. The van der Waals surface area contributed by atoms with Crippen molar-refractivity contribution in [1.29, 1.82) is 0 Å². The summed E-state index contributed by atoms with van der Waals surface area (Å²) in [6.07, 6.45) is 12.2. The van der Waals surface area contributed by atoms with Crippen LogP contribution in [0.4, 0.5) is 11.4 Å². The van der Waals surface area contributed by atoms with Gasteiger partial charge in [-0.3, -0.25) is 4.79 Å². The van der Waals surface area contributed by atoms with Crippen molar-refractivity contribution < 1.29 is 9.53 Å². The summed E-state index contributed by atoms with van der Waals surface area (Å²) in [4.78, 5) is 21.6. The topological polar surface area (TPSA) is 57.7 Å². The number of carbonyl (C=O) groups is 1. The Morgan fingerprint density at radius 2 is 1.69 bits per heavy atom. The van der Waals surface area contributed by atoms with Crippen molar-refractivity contribution in [2.24, 2.45) is 5.92 Å². The second-order valence-corrected chi connectivity index (χ2v) is 10.7. The van der Waals surface area contributed by atoms with Crippen molar-refractivity contribution in [3.05, 3.63) is 48.2 Å². The van der Waals surface area contributed by atoms with Gasteiger partial charge in [0.25, 0.3) is 0 Å². The van der Waals surface area contributed by atoms with Gasteiger partial charge in [-0.15, -0.1) is 0 Å². The third kappa shape index (κ3) is 6.47. The minimum absolute atomic E-state index is 0.221. The molecule has 1 aromatic carbocycles. The molecule has 1 aliphatic heterocycles. The first-order valence-corrected chi connectivity index (χ1v) is 13.6. The molecule has 2 aromatic rings. The van der Waals surface area contributed by atoms with Gasteiger partial charge in [0.15, 0.2) is 0 Å². The minimum atomic E-state index is 0.221. The summed E-state index contributed by atoms with van der Waals surface area (Å²) in [6, 6.07) is 13.3. The van der Waals surface area contributed by atoms with Crippen LogP contribution >= 0.6 is 0 Å². The highest BCUT2D eigenvalue weighted by Gasteiger charge is 2.26. The third-order valence-corrected chi connectivity index (χ3v) is 8.04. The fourth-order valence-electron chi connectivity index (χ4n) is 5.85. The molecule has 188 valence electrons. The zero-order chi connectivity index (χ0) is 24.0. The number of hydrogen-bond acceptors (Lipinski definition) is 5. The Hall–Kier alpha value is -2.76. The molecule has 0 spiro atoms. The van der Waals surface area contributed by atoms with E-state index in [1.165, 1.54) is 36.9 Å². The highest BCUT2D eigenvalue weighted by atomic mass is 16.5. The largest absolute Gasteiger partial charge is 0.474 e. The third-order valence-electron chi connectivity index (χ3n) is 8.04. The van der Waals surface area contributed by atoms with E-state index in [2.05, 4.69) is 63.4 Å². The van der Waals surface area contributed by atoms with E-state index >= 15 is 0 Å². The number of aryl methyl sites for hydroxylation is 1. The van der Waals surface area contributed by atoms with Gasteiger partial charge >= 0.3 is 0 Å². The maximum Gasteiger partial charge on any atom is 0.222 e. The van der Waals surface area contributed by atoms with Crippen LogP contribution in [0.5, 0.6) is 5.88 Å². The quantitative estimate of drug-likeness (QED) is 0.578. The second kappa shape index (κ2) is 11.3. The number of benzene rings is 1.